The van der Waals surface area contributed by atoms with Gasteiger partial charge in [0, 0.05) is 17.4 Å². The van der Waals surface area contributed by atoms with Crippen LogP contribution in [0, 0.1) is 0 Å². The number of aryl methyl sites for hydroxylation is 1. The topological polar surface area (TPSA) is 43.9 Å². The van der Waals surface area contributed by atoms with E-state index in [0.717, 1.165) is 41.5 Å². The first-order chi connectivity index (χ1) is 14.3. The van der Waals surface area contributed by atoms with E-state index in [1.54, 1.807) is 0 Å². The van der Waals surface area contributed by atoms with E-state index in [1.165, 1.54) is 22.4 Å². The van der Waals surface area contributed by atoms with Crippen molar-refractivity contribution in [3.8, 4) is 5.75 Å². The minimum atomic E-state index is -0.281. The zero-order valence-electron chi connectivity index (χ0n) is 16.1. The highest BCUT2D eigenvalue weighted by atomic mass is 16.5. The fourth-order valence-corrected chi connectivity index (χ4v) is 5.14. The summed E-state index contributed by atoms with van der Waals surface area (Å²) < 4.78 is 12.0. The zero-order valence-corrected chi connectivity index (χ0v) is 16.1. The molecule has 4 aromatic rings. The Balaban J connectivity index is 1.48. The molecule has 144 valence electrons. The lowest BCUT2D eigenvalue weighted by atomic mass is 9.86. The lowest BCUT2D eigenvalue weighted by molar-refractivity contribution is -0.963. The Bertz CT molecular complexity index is 1310. The van der Waals surface area contributed by atoms with Crippen molar-refractivity contribution in [2.24, 2.45) is 0 Å². The predicted octanol–water partition coefficient (Wildman–Crippen LogP) is 3.76. The summed E-state index contributed by atoms with van der Waals surface area (Å²) in [7, 11) is 0. The van der Waals surface area contributed by atoms with Gasteiger partial charge >= 0.3 is 5.63 Å². The third-order valence-electron chi connectivity index (χ3n) is 6.53. The molecule has 1 aromatic heterocycles. The lowest BCUT2D eigenvalue weighted by Crippen LogP contribution is -3.12. The van der Waals surface area contributed by atoms with Crippen LogP contribution < -0.4 is 15.3 Å². The van der Waals surface area contributed by atoms with E-state index in [9.17, 15) is 4.79 Å². The minimum Gasteiger partial charge on any atom is -0.445 e. The van der Waals surface area contributed by atoms with Crippen LogP contribution in [0.2, 0.25) is 0 Å². The van der Waals surface area contributed by atoms with Crippen molar-refractivity contribution in [1.29, 1.82) is 0 Å². The maximum Gasteiger partial charge on any atom is 0.344 e. The smallest absolute Gasteiger partial charge is 0.344 e. The highest BCUT2D eigenvalue weighted by Gasteiger charge is 2.34. The second kappa shape index (κ2) is 6.46. The van der Waals surface area contributed by atoms with Crippen LogP contribution in [0.1, 0.15) is 35.6 Å². The highest BCUT2D eigenvalue weighted by molar-refractivity contribution is 6.05. The average Bonchev–Trinajstić information content (AvgIpc) is 2.78. The van der Waals surface area contributed by atoms with Gasteiger partial charge in [-0.1, -0.05) is 42.5 Å². The van der Waals surface area contributed by atoms with Crippen molar-refractivity contribution in [3.05, 3.63) is 87.8 Å². The SMILES string of the molecule is O=c1oc2c3c(ccc2c2ccccc12)OC[NH+]([C@@H]1CCCc2ccccc21)C3. The molecular weight excluding hydrogens is 362 g/mol. The van der Waals surface area contributed by atoms with Crippen LogP contribution in [0.4, 0.5) is 0 Å². The van der Waals surface area contributed by atoms with Crippen LogP contribution in [0.15, 0.2) is 69.9 Å². The highest BCUT2D eigenvalue weighted by Crippen LogP contribution is 2.34. The van der Waals surface area contributed by atoms with Crippen LogP contribution in [-0.4, -0.2) is 6.73 Å². The Morgan fingerprint density at radius 3 is 2.66 bits per heavy atom. The number of hydrogen-bond donors (Lipinski definition) is 1. The van der Waals surface area contributed by atoms with E-state index >= 15 is 0 Å². The first-order valence-electron chi connectivity index (χ1n) is 10.3. The molecule has 4 nitrogen and oxygen atoms in total. The fourth-order valence-electron chi connectivity index (χ4n) is 5.14. The second-order valence-corrected chi connectivity index (χ2v) is 8.12. The predicted molar refractivity (Wildman–Crippen MR) is 112 cm³/mol. The molecule has 1 aliphatic heterocycles. The zero-order chi connectivity index (χ0) is 19.4. The van der Waals surface area contributed by atoms with Crippen molar-refractivity contribution in [2.45, 2.75) is 31.8 Å². The molecule has 2 aliphatic rings. The molecule has 0 amide bonds. The Labute approximate surface area is 168 Å². The molecule has 1 unspecified atom stereocenters. The van der Waals surface area contributed by atoms with Gasteiger partial charge in [0.15, 0.2) is 5.58 Å². The summed E-state index contributed by atoms with van der Waals surface area (Å²) in [4.78, 5) is 14.0. The second-order valence-electron chi connectivity index (χ2n) is 8.12. The molecule has 6 rings (SSSR count). The number of rotatable bonds is 1. The number of benzene rings is 3. The van der Waals surface area contributed by atoms with Crippen LogP contribution in [0.25, 0.3) is 21.7 Å². The number of quaternary nitrogens is 1. The lowest BCUT2D eigenvalue weighted by Gasteiger charge is -2.35. The van der Waals surface area contributed by atoms with E-state index in [4.69, 9.17) is 9.15 Å². The molecule has 29 heavy (non-hydrogen) atoms. The third kappa shape index (κ3) is 2.60. The molecule has 0 saturated heterocycles. The maximum absolute atomic E-state index is 12.6. The molecule has 3 aromatic carbocycles. The Kier molecular flexibility index (Phi) is 3.74. The number of nitrogens with one attached hydrogen (secondary N) is 1. The number of ether oxygens (including phenoxy) is 1. The largest absolute Gasteiger partial charge is 0.445 e. The van der Waals surface area contributed by atoms with Crippen LogP contribution in [0.5, 0.6) is 5.75 Å². The summed E-state index contributed by atoms with van der Waals surface area (Å²) in [5.74, 6) is 0.837. The number of hydrogen-bond acceptors (Lipinski definition) is 3. The van der Waals surface area contributed by atoms with Gasteiger partial charge in [0.2, 0.25) is 6.73 Å². The van der Waals surface area contributed by atoms with Gasteiger partial charge in [-0.15, -0.1) is 0 Å². The summed E-state index contributed by atoms with van der Waals surface area (Å²) in [5, 5.41) is 2.55. The summed E-state index contributed by atoms with van der Waals surface area (Å²) in [6.45, 7) is 1.43. The Hall–Kier alpha value is -3.11. The van der Waals surface area contributed by atoms with Crippen molar-refractivity contribution in [1.82, 2.24) is 0 Å². The van der Waals surface area contributed by atoms with Crippen LogP contribution in [0.3, 0.4) is 0 Å². The Morgan fingerprint density at radius 1 is 0.897 bits per heavy atom. The van der Waals surface area contributed by atoms with E-state index in [-0.39, 0.29) is 5.63 Å². The fraction of sp³-hybridized carbons (Fsp3) is 0.240. The first-order valence-corrected chi connectivity index (χ1v) is 10.3. The summed E-state index contributed by atoms with van der Waals surface area (Å²) in [5.41, 5.74) is 4.30. The van der Waals surface area contributed by atoms with Gasteiger partial charge < -0.3 is 9.15 Å². The molecule has 0 radical (unpaired) electrons. The minimum absolute atomic E-state index is 0.281. The molecule has 0 fully saturated rings. The van der Waals surface area contributed by atoms with Gasteiger partial charge in [-0.3, -0.25) is 4.90 Å². The van der Waals surface area contributed by atoms with Gasteiger partial charge in [-0.25, -0.2) is 4.79 Å². The van der Waals surface area contributed by atoms with Crippen molar-refractivity contribution in [3.63, 3.8) is 0 Å². The Morgan fingerprint density at radius 2 is 1.72 bits per heavy atom. The first kappa shape index (κ1) is 16.8. The van der Waals surface area contributed by atoms with Gasteiger partial charge in [0.1, 0.15) is 18.3 Å². The van der Waals surface area contributed by atoms with Gasteiger partial charge in [-0.2, -0.15) is 0 Å². The van der Waals surface area contributed by atoms with Crippen LogP contribution in [-0.2, 0) is 13.0 Å². The maximum atomic E-state index is 12.6. The number of fused-ring (bicyclic) bond motifs is 6. The standard InChI is InChI=1S/C25H21NO3/c27-25-20-10-4-3-9-18(20)19-12-13-23-21(24(19)29-25)14-26(15-28-23)22-11-5-7-16-6-1-2-8-17(16)22/h1-4,6,8-10,12-13,22H,5,7,11,14-15H2/p+1/t22-/m1/s1. The summed E-state index contributed by atoms with van der Waals surface area (Å²) in [6.07, 6.45) is 3.51. The van der Waals surface area contributed by atoms with Crippen LogP contribution >= 0.6 is 0 Å². The van der Waals surface area contributed by atoms with Crippen molar-refractivity contribution >= 4 is 21.7 Å². The molecule has 2 atom stereocenters. The monoisotopic (exact) mass is 384 g/mol. The van der Waals surface area contributed by atoms with Gasteiger partial charge in [0.05, 0.1) is 10.9 Å². The normalized spacial score (nSPS) is 20.8. The summed E-state index contributed by atoms with van der Waals surface area (Å²) in [6, 6.07) is 20.9. The molecule has 2 heterocycles. The molecule has 0 spiro atoms. The average molecular weight is 384 g/mol. The van der Waals surface area contributed by atoms with Gasteiger partial charge in [0.25, 0.3) is 0 Å². The molecular formula is C25H22NO3+. The molecule has 0 saturated carbocycles. The van der Waals surface area contributed by atoms with E-state index < -0.39 is 0 Å². The van der Waals surface area contributed by atoms with Gasteiger partial charge in [-0.05, 0) is 42.0 Å². The molecule has 0 bridgehead atoms. The van der Waals surface area contributed by atoms with Crippen molar-refractivity contribution < 1.29 is 14.1 Å². The molecule has 4 heteroatoms. The molecule has 1 N–H and O–H groups in total. The van der Waals surface area contributed by atoms with E-state index in [0.29, 0.717) is 23.7 Å². The molecule has 1 aliphatic carbocycles. The van der Waals surface area contributed by atoms with E-state index in [2.05, 4.69) is 24.3 Å². The van der Waals surface area contributed by atoms with E-state index in [1.807, 2.05) is 36.4 Å². The third-order valence-corrected chi connectivity index (χ3v) is 6.53. The quantitative estimate of drug-likeness (QED) is 0.401. The summed E-state index contributed by atoms with van der Waals surface area (Å²) >= 11 is 0. The van der Waals surface area contributed by atoms with Crippen molar-refractivity contribution in [2.75, 3.05) is 6.73 Å².